The third-order valence-electron chi connectivity index (χ3n) is 3.44. The average molecular weight is 375 g/mol. The summed E-state index contributed by atoms with van der Waals surface area (Å²) in [7, 11) is 0. The molecule has 3 N–H and O–H groups in total. The van der Waals surface area contributed by atoms with E-state index in [0.29, 0.717) is 22.7 Å². The maximum Gasteiger partial charge on any atom is 0.356 e. The number of rotatable bonds is 7. The van der Waals surface area contributed by atoms with E-state index in [-0.39, 0.29) is 18.2 Å². The third-order valence-corrected chi connectivity index (χ3v) is 3.44. The average Bonchev–Trinajstić information content (AvgIpc) is 3.25. The molecule has 0 unspecified atom stereocenters. The summed E-state index contributed by atoms with van der Waals surface area (Å²) in [6.45, 7) is 1.17. The van der Waals surface area contributed by atoms with Crippen LogP contribution in [0.4, 0.5) is 4.39 Å². The van der Waals surface area contributed by atoms with Crippen molar-refractivity contribution >= 4 is 11.9 Å². The fourth-order valence-corrected chi connectivity index (χ4v) is 2.12. The summed E-state index contributed by atoms with van der Waals surface area (Å²) in [4.78, 5) is 26.3. The van der Waals surface area contributed by atoms with E-state index in [9.17, 15) is 14.0 Å². The fourth-order valence-electron chi connectivity index (χ4n) is 2.12. The predicted molar refractivity (Wildman–Crippen MR) is 86.8 cm³/mol. The molecule has 0 saturated carbocycles. The molecule has 0 fully saturated rings. The van der Waals surface area contributed by atoms with Gasteiger partial charge in [0.15, 0.2) is 6.61 Å². The number of amides is 1. The van der Waals surface area contributed by atoms with Crippen LogP contribution >= 0.6 is 0 Å². The second-order valence-electron chi connectivity index (χ2n) is 5.38. The Hall–Kier alpha value is -3.76. The molecule has 3 aromatic rings. The molecule has 140 valence electrons. The molecule has 0 bridgehead atoms. The van der Waals surface area contributed by atoms with Crippen molar-refractivity contribution in [1.29, 1.82) is 0 Å². The second kappa shape index (κ2) is 7.64. The van der Waals surface area contributed by atoms with Gasteiger partial charge >= 0.3 is 5.97 Å². The van der Waals surface area contributed by atoms with Crippen LogP contribution in [0.25, 0.3) is 11.4 Å². The van der Waals surface area contributed by atoms with E-state index in [0.717, 1.165) is 6.20 Å². The topological polar surface area (TPSA) is 146 Å². The molecule has 0 aliphatic rings. The zero-order valence-corrected chi connectivity index (χ0v) is 14.1. The number of hydrogen-bond donors (Lipinski definition) is 2. The van der Waals surface area contributed by atoms with Crippen LogP contribution in [0.2, 0.25) is 0 Å². The summed E-state index contributed by atoms with van der Waals surface area (Å²) in [5.41, 5.74) is 6.32. The molecule has 10 nitrogen and oxygen atoms in total. The molecule has 0 saturated heterocycles. The lowest BCUT2D eigenvalue weighted by Crippen LogP contribution is -2.21. The van der Waals surface area contributed by atoms with E-state index < -0.39 is 24.3 Å². The number of halogens is 1. The van der Waals surface area contributed by atoms with Gasteiger partial charge in [-0.15, -0.1) is 5.10 Å². The van der Waals surface area contributed by atoms with Crippen molar-refractivity contribution in [3.05, 3.63) is 47.2 Å². The van der Waals surface area contributed by atoms with Crippen LogP contribution in [0.3, 0.4) is 0 Å². The van der Waals surface area contributed by atoms with Gasteiger partial charge in [-0.1, -0.05) is 5.16 Å². The third kappa shape index (κ3) is 4.26. The Morgan fingerprint density at radius 2 is 2.19 bits per heavy atom. The number of primary amides is 1. The molecule has 3 aromatic heterocycles. The number of carbonyl (C=O) groups is 2. The van der Waals surface area contributed by atoms with Crippen LogP contribution in [0.5, 0.6) is 5.88 Å². The number of nitrogens with one attached hydrogen (secondary N) is 1. The van der Waals surface area contributed by atoms with Gasteiger partial charge in [-0.3, -0.25) is 14.9 Å². The van der Waals surface area contributed by atoms with E-state index in [2.05, 4.69) is 25.1 Å². The van der Waals surface area contributed by atoms with Crippen LogP contribution in [0.1, 0.15) is 21.8 Å². The largest absolute Gasteiger partial charge is 0.472 e. The highest BCUT2D eigenvalue weighted by Crippen LogP contribution is 2.25. The van der Waals surface area contributed by atoms with Crippen molar-refractivity contribution in [3.8, 4) is 17.3 Å². The molecule has 0 aliphatic heterocycles. The normalized spacial score (nSPS) is 10.6. The lowest BCUT2D eigenvalue weighted by atomic mass is 10.1. The van der Waals surface area contributed by atoms with Crippen LogP contribution in [-0.2, 0) is 16.1 Å². The van der Waals surface area contributed by atoms with Crippen molar-refractivity contribution < 1.29 is 28.0 Å². The Bertz CT molecular complexity index is 966. The number of nitrogens with two attached hydrogens (primary N) is 1. The Balaban J connectivity index is 1.69. The number of carbonyl (C=O) groups excluding carboxylic acids is 2. The zero-order valence-electron chi connectivity index (χ0n) is 14.1. The fraction of sp³-hybridized carbons (Fsp3) is 0.188. The molecule has 0 aromatic carbocycles. The smallest absolute Gasteiger partial charge is 0.356 e. The van der Waals surface area contributed by atoms with Gasteiger partial charge in [0.25, 0.3) is 5.91 Å². The Labute approximate surface area is 151 Å². The van der Waals surface area contributed by atoms with Crippen LogP contribution in [0, 0.1) is 12.7 Å². The van der Waals surface area contributed by atoms with Crippen molar-refractivity contribution in [2.75, 3.05) is 6.61 Å². The first-order valence-electron chi connectivity index (χ1n) is 7.64. The van der Waals surface area contributed by atoms with Crippen LogP contribution in [0.15, 0.2) is 28.9 Å². The second-order valence-corrected chi connectivity index (χ2v) is 5.38. The number of esters is 1. The highest BCUT2D eigenvalue weighted by atomic mass is 19.1. The molecule has 11 heteroatoms. The number of H-pyrrole nitrogens is 1. The van der Waals surface area contributed by atoms with E-state index in [1.807, 2.05) is 0 Å². The summed E-state index contributed by atoms with van der Waals surface area (Å²) < 4.78 is 28.4. The molecule has 0 atom stereocenters. The van der Waals surface area contributed by atoms with Crippen LogP contribution < -0.4 is 10.5 Å². The van der Waals surface area contributed by atoms with E-state index in [1.54, 1.807) is 6.92 Å². The van der Waals surface area contributed by atoms with Crippen LogP contribution in [-0.4, -0.2) is 38.8 Å². The van der Waals surface area contributed by atoms with Crippen molar-refractivity contribution in [2.45, 2.75) is 13.5 Å². The summed E-state index contributed by atoms with van der Waals surface area (Å²) in [5, 5.41) is 10.2. The number of nitrogens with zero attached hydrogens (tertiary/aromatic N) is 3. The van der Waals surface area contributed by atoms with Gasteiger partial charge in [-0.05, 0) is 19.1 Å². The minimum absolute atomic E-state index is 0.00582. The molecule has 3 heterocycles. The number of aromatic amines is 1. The maximum absolute atomic E-state index is 13.0. The Kier molecular flexibility index (Phi) is 5.11. The van der Waals surface area contributed by atoms with Crippen molar-refractivity contribution in [1.82, 2.24) is 20.3 Å². The van der Waals surface area contributed by atoms with Gasteiger partial charge in [-0.25, -0.2) is 9.18 Å². The number of hydrogen-bond acceptors (Lipinski definition) is 8. The minimum Gasteiger partial charge on any atom is -0.472 e. The highest BCUT2D eigenvalue weighted by molar-refractivity contribution is 5.89. The van der Waals surface area contributed by atoms with Gasteiger partial charge in [-0.2, -0.15) is 0 Å². The Morgan fingerprint density at radius 3 is 2.89 bits per heavy atom. The van der Waals surface area contributed by atoms with Gasteiger partial charge in [0, 0.05) is 6.07 Å². The number of pyridine rings is 1. The highest BCUT2D eigenvalue weighted by Gasteiger charge is 2.18. The Morgan fingerprint density at radius 1 is 1.37 bits per heavy atom. The van der Waals surface area contributed by atoms with E-state index in [4.69, 9.17) is 15.0 Å². The minimum atomic E-state index is -0.798. The molecule has 1 amide bonds. The number of aromatic nitrogens is 4. The number of aryl methyl sites for hydroxylation is 1. The molecular weight excluding hydrogens is 361 g/mol. The quantitative estimate of drug-likeness (QED) is 0.584. The SMILES string of the molecule is Cc1onc(-c2ccc(F)cn2)c1COc1cc(C(=O)OCC(N)=O)[nH]n1. The van der Waals surface area contributed by atoms with E-state index in [1.165, 1.54) is 18.2 Å². The monoisotopic (exact) mass is 375 g/mol. The summed E-state index contributed by atoms with van der Waals surface area (Å²) in [6, 6.07) is 4.04. The molecule has 0 aliphatic carbocycles. The zero-order chi connectivity index (χ0) is 19.4. The molecule has 0 spiro atoms. The predicted octanol–water partition coefficient (Wildman–Crippen LogP) is 1.13. The first kappa shape index (κ1) is 18.0. The van der Waals surface area contributed by atoms with Crippen molar-refractivity contribution in [3.63, 3.8) is 0 Å². The first-order chi connectivity index (χ1) is 12.9. The van der Waals surface area contributed by atoms with Gasteiger partial charge in [0.1, 0.15) is 29.6 Å². The lowest BCUT2D eigenvalue weighted by molar-refractivity contribution is -0.121. The first-order valence-corrected chi connectivity index (χ1v) is 7.64. The standard InChI is InChI=1S/C16H14FN5O5/c1-8-10(15(22-27-8)11-3-2-9(17)5-19-11)6-25-14-4-12(20-21-14)16(24)26-7-13(18)23/h2-5H,6-7H2,1H3,(H2,18,23)(H,20,21). The van der Waals surface area contributed by atoms with Gasteiger partial charge < -0.3 is 19.7 Å². The molecule has 3 rings (SSSR count). The molecular formula is C16H14FN5O5. The lowest BCUT2D eigenvalue weighted by Gasteiger charge is -2.03. The van der Waals surface area contributed by atoms with Gasteiger partial charge in [0.05, 0.1) is 17.5 Å². The van der Waals surface area contributed by atoms with Gasteiger partial charge in [0.2, 0.25) is 5.88 Å². The van der Waals surface area contributed by atoms with Crippen molar-refractivity contribution in [2.24, 2.45) is 5.73 Å². The van der Waals surface area contributed by atoms with E-state index >= 15 is 0 Å². The summed E-state index contributed by atoms with van der Waals surface area (Å²) in [6.07, 6.45) is 1.07. The summed E-state index contributed by atoms with van der Waals surface area (Å²) in [5.74, 6) is -1.44. The summed E-state index contributed by atoms with van der Waals surface area (Å²) >= 11 is 0. The molecule has 0 radical (unpaired) electrons. The maximum atomic E-state index is 13.0. The molecule has 27 heavy (non-hydrogen) atoms. The number of ether oxygens (including phenoxy) is 2.